The molecule has 1 aromatic carbocycles. The summed E-state index contributed by atoms with van der Waals surface area (Å²) in [7, 11) is 0. The van der Waals surface area contributed by atoms with Gasteiger partial charge in [-0.25, -0.2) is 0 Å². The third kappa shape index (κ3) is 2.98. The van der Waals surface area contributed by atoms with Crippen LogP contribution in [0.15, 0.2) is 29.2 Å². The van der Waals surface area contributed by atoms with Gasteiger partial charge in [0.05, 0.1) is 0 Å². The normalized spacial score (nSPS) is 10.0. The highest BCUT2D eigenvalue weighted by Crippen LogP contribution is 2.18. The summed E-state index contributed by atoms with van der Waals surface area (Å²) in [6.45, 7) is 6.03. The zero-order chi connectivity index (χ0) is 8.10. The van der Waals surface area contributed by atoms with Crippen LogP contribution in [0.1, 0.15) is 18.9 Å². The van der Waals surface area contributed by atoms with Gasteiger partial charge in [0, 0.05) is 4.90 Å². The van der Waals surface area contributed by atoms with Crippen LogP contribution in [-0.2, 0) is 0 Å². The van der Waals surface area contributed by atoms with Gasteiger partial charge in [0.2, 0.25) is 0 Å². The van der Waals surface area contributed by atoms with Gasteiger partial charge in [-0.05, 0) is 36.8 Å². The molecule has 0 bridgehead atoms. The first-order valence-corrected chi connectivity index (χ1v) is 4.86. The molecule has 0 spiro atoms. The molecule has 0 fully saturated rings. The molecule has 0 amide bonds. The third-order valence-electron chi connectivity index (χ3n) is 1.40. The fourth-order valence-electron chi connectivity index (χ4n) is 0.806. The van der Waals surface area contributed by atoms with Crippen molar-refractivity contribution in [2.45, 2.75) is 18.2 Å². The number of thioether (sulfide) groups is 1. The minimum Gasteiger partial charge on any atom is -0.126 e. The van der Waals surface area contributed by atoms with Gasteiger partial charge in [0.1, 0.15) is 0 Å². The summed E-state index contributed by atoms with van der Waals surface area (Å²) >= 11 is 1.90. The Kier molecular flexibility index (Phi) is 3.50. The van der Waals surface area contributed by atoms with E-state index >= 15 is 0 Å². The van der Waals surface area contributed by atoms with E-state index in [2.05, 4.69) is 38.1 Å². The summed E-state index contributed by atoms with van der Waals surface area (Å²) in [4.78, 5) is 1.35. The zero-order valence-corrected chi connectivity index (χ0v) is 7.66. The second-order valence-electron chi connectivity index (χ2n) is 2.49. The van der Waals surface area contributed by atoms with Crippen molar-refractivity contribution in [3.8, 4) is 0 Å². The molecule has 0 atom stereocenters. The van der Waals surface area contributed by atoms with Crippen LogP contribution >= 0.6 is 11.8 Å². The molecule has 0 saturated heterocycles. The van der Waals surface area contributed by atoms with Gasteiger partial charge in [0.25, 0.3) is 0 Å². The summed E-state index contributed by atoms with van der Waals surface area (Å²) in [6.07, 6.45) is 1.23. The number of hydrogen-bond donors (Lipinski definition) is 0. The lowest BCUT2D eigenvalue weighted by Crippen LogP contribution is -1.76. The monoisotopic (exact) mass is 165 g/mol. The predicted molar refractivity (Wildman–Crippen MR) is 51.9 cm³/mol. The van der Waals surface area contributed by atoms with Gasteiger partial charge < -0.3 is 0 Å². The Balaban J connectivity index is 2.52. The quantitative estimate of drug-likeness (QED) is 0.619. The van der Waals surface area contributed by atoms with Crippen LogP contribution in [0, 0.1) is 6.92 Å². The Morgan fingerprint density at radius 2 is 1.91 bits per heavy atom. The summed E-state index contributed by atoms with van der Waals surface area (Å²) < 4.78 is 0. The molecule has 11 heavy (non-hydrogen) atoms. The molecule has 0 unspecified atom stereocenters. The summed E-state index contributed by atoms with van der Waals surface area (Å²) in [5.41, 5.74) is 1.09. The van der Waals surface area contributed by atoms with E-state index in [1.54, 1.807) is 0 Å². The molecule has 0 heterocycles. The van der Waals surface area contributed by atoms with Crippen LogP contribution in [0.5, 0.6) is 0 Å². The second kappa shape index (κ2) is 4.45. The zero-order valence-electron chi connectivity index (χ0n) is 6.84. The van der Waals surface area contributed by atoms with Crippen molar-refractivity contribution >= 4 is 11.8 Å². The van der Waals surface area contributed by atoms with E-state index in [-0.39, 0.29) is 0 Å². The molecule has 0 saturated carbocycles. The van der Waals surface area contributed by atoms with Crippen LogP contribution in [0.4, 0.5) is 0 Å². The van der Waals surface area contributed by atoms with Crippen LogP contribution < -0.4 is 0 Å². The first-order chi connectivity index (χ1) is 5.33. The van der Waals surface area contributed by atoms with E-state index in [0.717, 1.165) is 5.56 Å². The van der Waals surface area contributed by atoms with Gasteiger partial charge in [-0.15, -0.1) is 11.8 Å². The SMILES string of the molecule is [CH2]c1ccc(SCCC)cc1. The first-order valence-electron chi connectivity index (χ1n) is 3.87. The maximum absolute atomic E-state index is 3.83. The third-order valence-corrected chi connectivity index (χ3v) is 2.61. The van der Waals surface area contributed by atoms with Crippen LogP contribution in [-0.4, -0.2) is 5.75 Å². The largest absolute Gasteiger partial charge is 0.126 e. The van der Waals surface area contributed by atoms with E-state index in [9.17, 15) is 0 Å². The highest BCUT2D eigenvalue weighted by Gasteiger charge is 1.90. The molecule has 0 aromatic heterocycles. The molecule has 0 aliphatic carbocycles. The standard InChI is InChI=1S/C10H13S/c1-3-8-11-10-6-4-9(2)5-7-10/h4-7H,2-3,8H2,1H3. The topological polar surface area (TPSA) is 0 Å². The summed E-state index contributed by atoms with van der Waals surface area (Å²) in [5, 5.41) is 0. The van der Waals surface area contributed by atoms with Gasteiger partial charge >= 0.3 is 0 Å². The molecule has 0 aliphatic heterocycles. The highest BCUT2D eigenvalue weighted by molar-refractivity contribution is 7.99. The van der Waals surface area contributed by atoms with Gasteiger partial charge in [0.15, 0.2) is 0 Å². The molecule has 0 aliphatic rings. The van der Waals surface area contributed by atoms with Crippen LogP contribution in [0.25, 0.3) is 0 Å². The van der Waals surface area contributed by atoms with E-state index in [1.807, 2.05) is 11.8 Å². The van der Waals surface area contributed by atoms with Crippen molar-refractivity contribution in [1.29, 1.82) is 0 Å². The summed E-state index contributed by atoms with van der Waals surface area (Å²) in [6, 6.07) is 8.36. The lowest BCUT2D eigenvalue weighted by molar-refractivity contribution is 1.10. The fraction of sp³-hybridized carbons (Fsp3) is 0.300. The van der Waals surface area contributed by atoms with Gasteiger partial charge in [-0.1, -0.05) is 19.1 Å². The molecule has 1 radical (unpaired) electrons. The smallest absolute Gasteiger partial charge is 0.00721 e. The van der Waals surface area contributed by atoms with Crippen molar-refractivity contribution in [3.05, 3.63) is 36.8 Å². The highest BCUT2D eigenvalue weighted by atomic mass is 32.2. The van der Waals surface area contributed by atoms with E-state index in [0.29, 0.717) is 0 Å². The number of benzene rings is 1. The lowest BCUT2D eigenvalue weighted by Gasteiger charge is -1.98. The average Bonchev–Trinajstić information content (AvgIpc) is 2.04. The molecule has 1 heteroatoms. The fourth-order valence-corrected chi connectivity index (χ4v) is 1.57. The maximum atomic E-state index is 3.83. The Morgan fingerprint density at radius 1 is 1.27 bits per heavy atom. The summed E-state index contributed by atoms with van der Waals surface area (Å²) in [5.74, 6) is 1.20. The van der Waals surface area contributed by atoms with Crippen LogP contribution in [0.2, 0.25) is 0 Å². The van der Waals surface area contributed by atoms with Crippen molar-refractivity contribution < 1.29 is 0 Å². The van der Waals surface area contributed by atoms with Crippen molar-refractivity contribution in [1.82, 2.24) is 0 Å². The van der Waals surface area contributed by atoms with Gasteiger partial charge in [-0.3, -0.25) is 0 Å². The molecule has 59 valence electrons. The number of rotatable bonds is 3. The molecular weight excluding hydrogens is 152 g/mol. The molecule has 1 rings (SSSR count). The molecule has 0 N–H and O–H groups in total. The van der Waals surface area contributed by atoms with Gasteiger partial charge in [-0.2, -0.15) is 0 Å². The lowest BCUT2D eigenvalue weighted by atomic mass is 10.2. The Morgan fingerprint density at radius 3 is 2.45 bits per heavy atom. The van der Waals surface area contributed by atoms with E-state index < -0.39 is 0 Å². The van der Waals surface area contributed by atoms with E-state index in [1.165, 1.54) is 17.1 Å². The maximum Gasteiger partial charge on any atom is 0.00721 e. The van der Waals surface area contributed by atoms with Crippen LogP contribution in [0.3, 0.4) is 0 Å². The molecular formula is C10H13S. The van der Waals surface area contributed by atoms with Crippen molar-refractivity contribution in [2.75, 3.05) is 5.75 Å². The van der Waals surface area contributed by atoms with E-state index in [4.69, 9.17) is 0 Å². The Hall–Kier alpha value is -0.430. The minimum absolute atomic E-state index is 1.09. The Bertz CT molecular complexity index is 201. The average molecular weight is 165 g/mol. The van der Waals surface area contributed by atoms with Crippen molar-refractivity contribution in [3.63, 3.8) is 0 Å². The molecule has 1 aromatic rings. The second-order valence-corrected chi connectivity index (χ2v) is 3.66. The Labute approximate surface area is 73.0 Å². The first kappa shape index (κ1) is 8.66. The predicted octanol–water partition coefficient (Wildman–Crippen LogP) is 3.37. The molecule has 0 nitrogen and oxygen atoms in total. The minimum atomic E-state index is 1.09. The number of hydrogen-bond acceptors (Lipinski definition) is 1. The van der Waals surface area contributed by atoms with Crippen molar-refractivity contribution in [2.24, 2.45) is 0 Å².